The molecule has 0 amide bonds. The highest BCUT2D eigenvalue weighted by molar-refractivity contribution is 7.86. The standard InChI is InChI=1S/C20H42O4S/c1-3-5-6-7-8-9-10-11-12-16-19(21)17-13-14-18-20(15-4-2)25(22,23)24/h19-21H,3-18H2,1-2H3,(H,22,23,24). The maximum atomic E-state index is 11.3. The highest BCUT2D eigenvalue weighted by Gasteiger charge is 2.21. The lowest BCUT2D eigenvalue weighted by Crippen LogP contribution is -2.20. The molecule has 5 heteroatoms. The molecule has 0 aromatic heterocycles. The highest BCUT2D eigenvalue weighted by Crippen LogP contribution is 2.18. The summed E-state index contributed by atoms with van der Waals surface area (Å²) in [4.78, 5) is 0. The first kappa shape index (κ1) is 24.9. The largest absolute Gasteiger partial charge is 0.393 e. The van der Waals surface area contributed by atoms with Crippen molar-refractivity contribution >= 4 is 10.1 Å². The van der Waals surface area contributed by atoms with E-state index in [0.29, 0.717) is 12.8 Å². The first-order chi connectivity index (χ1) is 11.9. The smallest absolute Gasteiger partial charge is 0.267 e. The van der Waals surface area contributed by atoms with Gasteiger partial charge in [0.2, 0.25) is 0 Å². The molecule has 0 aromatic rings. The number of rotatable bonds is 18. The van der Waals surface area contributed by atoms with Gasteiger partial charge in [-0.1, -0.05) is 90.9 Å². The van der Waals surface area contributed by atoms with Crippen LogP contribution in [0.15, 0.2) is 0 Å². The molecular formula is C20H42O4S. The van der Waals surface area contributed by atoms with E-state index in [0.717, 1.165) is 38.5 Å². The molecule has 4 nitrogen and oxygen atoms in total. The SMILES string of the molecule is CCCCCCCCCCCC(O)CCCCC(CCC)S(=O)(=O)O. The van der Waals surface area contributed by atoms with Gasteiger partial charge in [-0.3, -0.25) is 4.55 Å². The molecule has 0 radical (unpaired) electrons. The molecule has 0 aliphatic carbocycles. The van der Waals surface area contributed by atoms with E-state index in [1.165, 1.54) is 51.4 Å². The van der Waals surface area contributed by atoms with Crippen molar-refractivity contribution in [1.29, 1.82) is 0 Å². The third-order valence-corrected chi connectivity index (χ3v) is 6.30. The summed E-state index contributed by atoms with van der Waals surface area (Å²) < 4.78 is 31.7. The summed E-state index contributed by atoms with van der Waals surface area (Å²) in [6.07, 6.45) is 16.3. The summed E-state index contributed by atoms with van der Waals surface area (Å²) in [5.41, 5.74) is 0. The van der Waals surface area contributed by atoms with Crippen LogP contribution in [0.1, 0.15) is 117 Å². The van der Waals surface area contributed by atoms with Crippen LogP contribution in [-0.2, 0) is 10.1 Å². The molecule has 0 heterocycles. The average Bonchev–Trinajstić information content (AvgIpc) is 2.55. The summed E-state index contributed by atoms with van der Waals surface area (Å²) in [7, 11) is -3.92. The molecule has 0 spiro atoms. The van der Waals surface area contributed by atoms with Gasteiger partial charge in [0.05, 0.1) is 11.4 Å². The molecular weight excluding hydrogens is 336 g/mol. The molecule has 25 heavy (non-hydrogen) atoms. The molecule has 2 N–H and O–H groups in total. The minimum absolute atomic E-state index is 0.264. The quantitative estimate of drug-likeness (QED) is 0.230. The lowest BCUT2D eigenvalue weighted by atomic mass is 10.0. The Bertz CT molecular complexity index is 381. The Balaban J connectivity index is 3.53. The van der Waals surface area contributed by atoms with Crippen molar-refractivity contribution in [2.24, 2.45) is 0 Å². The Hall–Kier alpha value is -0.130. The predicted octanol–water partition coefficient (Wildman–Crippen LogP) is 5.89. The molecule has 0 rings (SSSR count). The number of aliphatic hydroxyl groups excluding tert-OH is 1. The minimum Gasteiger partial charge on any atom is -0.393 e. The summed E-state index contributed by atoms with van der Waals surface area (Å²) in [5.74, 6) is 0. The van der Waals surface area contributed by atoms with Crippen molar-refractivity contribution in [3.8, 4) is 0 Å². The zero-order chi connectivity index (χ0) is 19.0. The first-order valence-corrected chi connectivity index (χ1v) is 12.1. The van der Waals surface area contributed by atoms with Crippen LogP contribution in [0.4, 0.5) is 0 Å². The normalized spacial score (nSPS) is 14.6. The Morgan fingerprint density at radius 2 is 1.08 bits per heavy atom. The summed E-state index contributed by atoms with van der Waals surface area (Å²) in [5, 5.41) is 9.38. The van der Waals surface area contributed by atoms with Crippen LogP contribution in [-0.4, -0.2) is 29.4 Å². The van der Waals surface area contributed by atoms with Gasteiger partial charge in [-0.15, -0.1) is 0 Å². The monoisotopic (exact) mass is 378 g/mol. The molecule has 0 aliphatic heterocycles. The molecule has 0 fully saturated rings. The van der Waals surface area contributed by atoms with E-state index in [1.807, 2.05) is 6.92 Å². The average molecular weight is 379 g/mol. The van der Waals surface area contributed by atoms with Crippen molar-refractivity contribution in [1.82, 2.24) is 0 Å². The molecule has 0 aromatic carbocycles. The van der Waals surface area contributed by atoms with Crippen LogP contribution in [0.3, 0.4) is 0 Å². The van der Waals surface area contributed by atoms with Crippen molar-refractivity contribution in [3.05, 3.63) is 0 Å². The fourth-order valence-corrected chi connectivity index (χ4v) is 4.35. The fraction of sp³-hybridized carbons (Fsp3) is 1.00. The van der Waals surface area contributed by atoms with Crippen LogP contribution < -0.4 is 0 Å². The van der Waals surface area contributed by atoms with Gasteiger partial charge in [0.25, 0.3) is 10.1 Å². The van der Waals surface area contributed by atoms with Gasteiger partial charge in [0, 0.05) is 0 Å². The molecule has 0 saturated heterocycles. The number of aliphatic hydroxyl groups is 1. The first-order valence-electron chi connectivity index (χ1n) is 10.6. The van der Waals surface area contributed by atoms with E-state index < -0.39 is 15.4 Å². The van der Waals surface area contributed by atoms with Gasteiger partial charge in [0.1, 0.15) is 0 Å². The zero-order valence-electron chi connectivity index (χ0n) is 16.6. The summed E-state index contributed by atoms with van der Waals surface area (Å²) in [6, 6.07) is 0. The van der Waals surface area contributed by atoms with Crippen molar-refractivity contribution in [2.45, 2.75) is 128 Å². The topological polar surface area (TPSA) is 74.6 Å². The second-order valence-corrected chi connectivity index (χ2v) is 9.18. The second-order valence-electron chi connectivity index (χ2n) is 7.48. The van der Waals surface area contributed by atoms with Crippen molar-refractivity contribution < 1.29 is 18.1 Å². The lowest BCUT2D eigenvalue weighted by molar-refractivity contribution is 0.147. The zero-order valence-corrected chi connectivity index (χ0v) is 17.4. The maximum absolute atomic E-state index is 11.3. The molecule has 2 unspecified atom stereocenters. The van der Waals surface area contributed by atoms with E-state index in [2.05, 4.69) is 6.92 Å². The van der Waals surface area contributed by atoms with Gasteiger partial charge >= 0.3 is 0 Å². The summed E-state index contributed by atoms with van der Waals surface area (Å²) in [6.45, 7) is 4.16. The Labute approximate surface area is 156 Å². The van der Waals surface area contributed by atoms with Crippen LogP contribution in [0.25, 0.3) is 0 Å². The van der Waals surface area contributed by atoms with Crippen molar-refractivity contribution in [3.63, 3.8) is 0 Å². The van der Waals surface area contributed by atoms with Crippen LogP contribution >= 0.6 is 0 Å². The Morgan fingerprint density at radius 3 is 1.56 bits per heavy atom. The maximum Gasteiger partial charge on any atom is 0.267 e. The molecule has 2 atom stereocenters. The second kappa shape index (κ2) is 16.1. The predicted molar refractivity (Wildman–Crippen MR) is 107 cm³/mol. The van der Waals surface area contributed by atoms with Gasteiger partial charge in [-0.05, 0) is 25.7 Å². The van der Waals surface area contributed by atoms with Gasteiger partial charge in [-0.2, -0.15) is 8.42 Å². The summed E-state index contributed by atoms with van der Waals surface area (Å²) >= 11 is 0. The van der Waals surface area contributed by atoms with E-state index in [-0.39, 0.29) is 6.10 Å². The number of unbranched alkanes of at least 4 members (excludes halogenated alkanes) is 9. The van der Waals surface area contributed by atoms with E-state index >= 15 is 0 Å². The minimum atomic E-state index is -3.92. The van der Waals surface area contributed by atoms with Gasteiger partial charge in [-0.25, -0.2) is 0 Å². The van der Waals surface area contributed by atoms with Crippen molar-refractivity contribution in [2.75, 3.05) is 0 Å². The fourth-order valence-electron chi connectivity index (χ4n) is 3.35. The molecule has 0 aliphatic rings. The number of hydrogen-bond acceptors (Lipinski definition) is 3. The van der Waals surface area contributed by atoms with E-state index in [4.69, 9.17) is 0 Å². The van der Waals surface area contributed by atoms with Crippen LogP contribution in [0.5, 0.6) is 0 Å². The van der Waals surface area contributed by atoms with Gasteiger partial charge < -0.3 is 5.11 Å². The molecule has 0 bridgehead atoms. The Kier molecular flexibility index (Phi) is 16.0. The number of hydrogen-bond donors (Lipinski definition) is 2. The third kappa shape index (κ3) is 15.8. The molecule has 152 valence electrons. The van der Waals surface area contributed by atoms with E-state index in [9.17, 15) is 18.1 Å². The highest BCUT2D eigenvalue weighted by atomic mass is 32.2. The van der Waals surface area contributed by atoms with E-state index in [1.54, 1.807) is 0 Å². The lowest BCUT2D eigenvalue weighted by Gasteiger charge is -2.14. The Morgan fingerprint density at radius 1 is 0.640 bits per heavy atom. The van der Waals surface area contributed by atoms with Crippen LogP contribution in [0.2, 0.25) is 0 Å². The molecule has 0 saturated carbocycles. The van der Waals surface area contributed by atoms with Crippen LogP contribution in [0, 0.1) is 0 Å². The third-order valence-electron chi connectivity index (χ3n) is 4.99. The van der Waals surface area contributed by atoms with Gasteiger partial charge in [0.15, 0.2) is 0 Å².